The van der Waals surface area contributed by atoms with Crippen molar-refractivity contribution >= 4 is 22.3 Å². The number of aromatic nitrogens is 5. The maximum atomic E-state index is 6.60. The van der Waals surface area contributed by atoms with Crippen molar-refractivity contribution in [3.05, 3.63) is 65.6 Å². The van der Waals surface area contributed by atoms with Crippen molar-refractivity contribution in [3.8, 4) is 6.01 Å². The molecule has 0 radical (unpaired) electrons. The van der Waals surface area contributed by atoms with E-state index in [9.17, 15) is 0 Å². The second-order valence-electron chi connectivity index (χ2n) is 12.9. The molecule has 0 N–H and O–H groups in total. The fourth-order valence-corrected chi connectivity index (χ4v) is 8.29. The molecule has 4 aromatic rings. The smallest absolute Gasteiger partial charge is 0.318 e. The van der Waals surface area contributed by atoms with Crippen LogP contribution in [0.5, 0.6) is 6.01 Å². The Bertz CT molecular complexity index is 1590. The van der Waals surface area contributed by atoms with Crippen molar-refractivity contribution in [2.45, 2.75) is 76.4 Å². The normalized spacial score (nSPS) is 21.7. The van der Waals surface area contributed by atoms with E-state index < -0.39 is 0 Å². The van der Waals surface area contributed by atoms with Gasteiger partial charge in [-0.25, -0.2) is 0 Å². The summed E-state index contributed by atoms with van der Waals surface area (Å²) in [5.41, 5.74) is 5.23. The number of nitrogens with zero attached hydrogens (tertiary/aromatic N) is 8. The van der Waals surface area contributed by atoms with E-state index in [4.69, 9.17) is 14.7 Å². The molecule has 9 heteroatoms. The molecule has 6 heterocycles. The van der Waals surface area contributed by atoms with Crippen LogP contribution in [0.2, 0.25) is 0 Å². The quantitative estimate of drug-likeness (QED) is 0.297. The van der Waals surface area contributed by atoms with Gasteiger partial charge >= 0.3 is 6.01 Å². The fourth-order valence-electron chi connectivity index (χ4n) is 8.29. The van der Waals surface area contributed by atoms with Gasteiger partial charge in [-0.2, -0.15) is 25.0 Å². The van der Waals surface area contributed by atoms with E-state index in [2.05, 4.69) is 68.2 Å². The van der Waals surface area contributed by atoms with E-state index in [1.807, 2.05) is 4.80 Å². The van der Waals surface area contributed by atoms with Gasteiger partial charge in [0.05, 0.1) is 36.2 Å². The lowest BCUT2D eigenvalue weighted by atomic mass is 9.95. The van der Waals surface area contributed by atoms with E-state index in [0.717, 1.165) is 63.4 Å². The molecule has 0 saturated carbocycles. The topological polar surface area (TPSA) is 75.4 Å². The summed E-state index contributed by atoms with van der Waals surface area (Å²) in [7, 11) is 0. The van der Waals surface area contributed by atoms with E-state index >= 15 is 0 Å². The Balaban J connectivity index is 1.14. The van der Waals surface area contributed by atoms with Crippen LogP contribution in [0, 0.1) is 0 Å². The van der Waals surface area contributed by atoms with Gasteiger partial charge in [-0.15, -0.1) is 0 Å². The first-order chi connectivity index (χ1) is 21.2. The Morgan fingerprint density at radius 1 is 0.907 bits per heavy atom. The van der Waals surface area contributed by atoms with Gasteiger partial charge in [-0.1, -0.05) is 37.3 Å². The molecule has 1 unspecified atom stereocenters. The summed E-state index contributed by atoms with van der Waals surface area (Å²) in [5, 5.41) is 11.6. The SMILES string of the molecule is CCc1cccc2cccc(N3CCc4c(nc(OCC56CCCN5CCC6)nc4N4CCCC(n5nccn5)C4)C3)c12. The zero-order chi connectivity index (χ0) is 28.8. The Kier molecular flexibility index (Phi) is 6.93. The number of fused-ring (bicyclic) bond motifs is 3. The fraction of sp³-hybridized carbons (Fsp3) is 0.529. The number of rotatable bonds is 7. The van der Waals surface area contributed by atoms with Gasteiger partial charge in [0.2, 0.25) is 0 Å². The standard InChI is InChI=1S/C34H42N8O/c1-2-25-8-3-9-26-10-4-12-30(31(25)26)39-21-13-28-29(23-39)37-33(43-24-34-14-6-19-41(34)20-7-15-34)38-32(28)40-18-5-11-27(22-40)42-35-16-17-36-42/h3-4,8-10,12,16-17,27H,2,5-7,11,13-15,18-24H2,1H3. The molecule has 3 saturated heterocycles. The number of ether oxygens (including phenoxy) is 1. The molecule has 2 aromatic heterocycles. The number of hydrogen-bond acceptors (Lipinski definition) is 8. The van der Waals surface area contributed by atoms with Gasteiger partial charge < -0.3 is 14.5 Å². The van der Waals surface area contributed by atoms with Gasteiger partial charge in [0, 0.05) is 36.3 Å². The third-order valence-electron chi connectivity index (χ3n) is 10.5. The van der Waals surface area contributed by atoms with Gasteiger partial charge in [0.15, 0.2) is 0 Å². The summed E-state index contributed by atoms with van der Waals surface area (Å²) >= 11 is 0. The maximum Gasteiger partial charge on any atom is 0.318 e. The summed E-state index contributed by atoms with van der Waals surface area (Å²) in [6.45, 7) is 8.84. The molecule has 3 fully saturated rings. The average molecular weight is 579 g/mol. The predicted molar refractivity (Wildman–Crippen MR) is 169 cm³/mol. The molecule has 43 heavy (non-hydrogen) atoms. The minimum atomic E-state index is 0.160. The van der Waals surface area contributed by atoms with E-state index in [1.54, 1.807) is 12.4 Å². The van der Waals surface area contributed by atoms with Crippen LogP contribution in [0.4, 0.5) is 11.5 Å². The van der Waals surface area contributed by atoms with Crippen LogP contribution in [-0.4, -0.2) is 74.7 Å². The average Bonchev–Trinajstić information content (AvgIpc) is 3.81. The Hall–Kier alpha value is -3.72. The number of benzene rings is 2. The highest BCUT2D eigenvalue weighted by Crippen LogP contribution is 2.40. The highest BCUT2D eigenvalue weighted by atomic mass is 16.5. The molecular formula is C34H42N8O. The lowest BCUT2D eigenvalue weighted by Gasteiger charge is -2.37. The van der Waals surface area contributed by atoms with Gasteiger partial charge in [0.1, 0.15) is 12.4 Å². The van der Waals surface area contributed by atoms with Crippen LogP contribution < -0.4 is 14.5 Å². The third-order valence-corrected chi connectivity index (χ3v) is 10.5. The molecule has 0 bridgehead atoms. The number of hydrogen-bond donors (Lipinski definition) is 0. The molecule has 2 aromatic carbocycles. The lowest BCUT2D eigenvalue weighted by Crippen LogP contribution is -2.44. The molecule has 4 aliphatic heterocycles. The molecule has 4 aliphatic rings. The van der Waals surface area contributed by atoms with Crippen LogP contribution >= 0.6 is 0 Å². The maximum absolute atomic E-state index is 6.60. The molecule has 0 aliphatic carbocycles. The molecule has 0 amide bonds. The molecule has 0 spiro atoms. The monoisotopic (exact) mass is 578 g/mol. The Labute approximate surface area is 253 Å². The first-order valence-electron chi connectivity index (χ1n) is 16.3. The van der Waals surface area contributed by atoms with Crippen molar-refractivity contribution in [1.82, 2.24) is 29.9 Å². The molecule has 9 nitrogen and oxygen atoms in total. The van der Waals surface area contributed by atoms with Crippen LogP contribution in [-0.2, 0) is 19.4 Å². The zero-order valence-corrected chi connectivity index (χ0v) is 25.3. The summed E-state index contributed by atoms with van der Waals surface area (Å²) < 4.78 is 6.60. The summed E-state index contributed by atoms with van der Waals surface area (Å²) in [4.78, 5) is 19.8. The van der Waals surface area contributed by atoms with Crippen molar-refractivity contribution < 1.29 is 4.74 Å². The van der Waals surface area contributed by atoms with Crippen LogP contribution in [0.1, 0.15) is 68.3 Å². The second kappa shape index (κ2) is 11.1. The second-order valence-corrected chi connectivity index (χ2v) is 12.9. The number of aryl methyl sites for hydroxylation is 1. The van der Waals surface area contributed by atoms with Crippen molar-refractivity contribution in [1.29, 1.82) is 0 Å². The van der Waals surface area contributed by atoms with Crippen LogP contribution in [0.15, 0.2) is 48.8 Å². The Morgan fingerprint density at radius 3 is 2.53 bits per heavy atom. The van der Waals surface area contributed by atoms with E-state index in [-0.39, 0.29) is 11.6 Å². The van der Waals surface area contributed by atoms with E-state index in [1.165, 1.54) is 66.4 Å². The first kappa shape index (κ1) is 26.9. The highest BCUT2D eigenvalue weighted by Gasteiger charge is 2.45. The minimum absolute atomic E-state index is 0.160. The van der Waals surface area contributed by atoms with Gasteiger partial charge in [-0.05, 0) is 81.5 Å². The van der Waals surface area contributed by atoms with Crippen molar-refractivity contribution in [3.63, 3.8) is 0 Å². The number of anilines is 2. The predicted octanol–water partition coefficient (Wildman–Crippen LogP) is 5.20. The van der Waals surface area contributed by atoms with Crippen molar-refractivity contribution in [2.24, 2.45) is 0 Å². The third kappa shape index (κ3) is 4.82. The highest BCUT2D eigenvalue weighted by molar-refractivity contribution is 5.97. The Morgan fingerprint density at radius 2 is 1.72 bits per heavy atom. The molecule has 224 valence electrons. The van der Waals surface area contributed by atoms with Gasteiger partial charge in [-0.3, -0.25) is 4.90 Å². The van der Waals surface area contributed by atoms with Crippen molar-refractivity contribution in [2.75, 3.05) is 49.1 Å². The first-order valence-corrected chi connectivity index (χ1v) is 16.3. The van der Waals surface area contributed by atoms with E-state index in [0.29, 0.717) is 12.6 Å². The largest absolute Gasteiger partial charge is 0.461 e. The summed E-state index contributed by atoms with van der Waals surface area (Å²) in [6.07, 6.45) is 12.6. The van der Waals surface area contributed by atoms with Gasteiger partial charge in [0.25, 0.3) is 0 Å². The summed E-state index contributed by atoms with van der Waals surface area (Å²) in [5.74, 6) is 1.05. The minimum Gasteiger partial charge on any atom is -0.461 e. The number of piperidine rings is 1. The molecule has 8 rings (SSSR count). The molecular weight excluding hydrogens is 536 g/mol. The lowest BCUT2D eigenvalue weighted by molar-refractivity contribution is 0.107. The van der Waals surface area contributed by atoms with Crippen LogP contribution in [0.3, 0.4) is 0 Å². The summed E-state index contributed by atoms with van der Waals surface area (Å²) in [6, 6.07) is 14.2. The molecule has 1 atom stereocenters. The zero-order valence-electron chi connectivity index (χ0n) is 25.3. The van der Waals surface area contributed by atoms with Crippen LogP contribution in [0.25, 0.3) is 10.8 Å².